The Balaban J connectivity index is 1.87. The molecule has 0 aliphatic carbocycles. The van der Waals surface area contributed by atoms with Crippen LogP contribution in [0, 0.1) is 0 Å². The van der Waals surface area contributed by atoms with E-state index in [2.05, 4.69) is 0 Å². The first-order valence-corrected chi connectivity index (χ1v) is 6.93. The van der Waals surface area contributed by atoms with Gasteiger partial charge in [0.2, 0.25) is 5.91 Å². The highest BCUT2D eigenvalue weighted by molar-refractivity contribution is 5.80. The third-order valence-electron chi connectivity index (χ3n) is 3.59. The molecule has 1 heterocycles. The number of nitrogens with two attached hydrogens (primary N) is 1. The molecule has 0 aromatic heterocycles. The number of anilines is 1. The topological polar surface area (TPSA) is 55.6 Å². The number of nitrogen functional groups attached to an aromatic ring is 1. The van der Waals surface area contributed by atoms with Crippen LogP contribution in [0.25, 0.3) is 0 Å². The summed E-state index contributed by atoms with van der Waals surface area (Å²) in [7, 11) is 0. The Bertz CT molecular complexity index is 426. The maximum absolute atomic E-state index is 12.2. The molecule has 0 radical (unpaired) electrons. The molecule has 2 N–H and O–H groups in total. The predicted molar refractivity (Wildman–Crippen MR) is 75.8 cm³/mol. The molecule has 2 rings (SSSR count). The van der Waals surface area contributed by atoms with Crippen LogP contribution >= 0.6 is 0 Å². The molecular formula is C15H22N2O2. The van der Waals surface area contributed by atoms with Crippen LogP contribution in [-0.2, 0) is 16.0 Å². The van der Waals surface area contributed by atoms with Crippen molar-refractivity contribution in [2.24, 2.45) is 0 Å². The standard InChI is InChI=1S/C15H22N2O2/c1-2-19-13-7-9-17(10-8-13)15(18)11-12-5-3-4-6-14(12)16/h3-6,13H,2,7-11,16H2,1H3. The molecule has 104 valence electrons. The fraction of sp³-hybridized carbons (Fsp3) is 0.533. The average molecular weight is 262 g/mol. The van der Waals surface area contributed by atoms with Gasteiger partial charge in [-0.2, -0.15) is 0 Å². The van der Waals surface area contributed by atoms with E-state index in [0.29, 0.717) is 18.2 Å². The number of ether oxygens (including phenoxy) is 1. The Morgan fingerprint density at radius 3 is 2.68 bits per heavy atom. The highest BCUT2D eigenvalue weighted by Crippen LogP contribution is 2.17. The first kappa shape index (κ1) is 13.9. The van der Waals surface area contributed by atoms with E-state index in [1.54, 1.807) is 0 Å². The highest BCUT2D eigenvalue weighted by atomic mass is 16.5. The van der Waals surface area contributed by atoms with Gasteiger partial charge in [0.15, 0.2) is 0 Å². The summed E-state index contributed by atoms with van der Waals surface area (Å²) in [5.74, 6) is 0.160. The maximum Gasteiger partial charge on any atom is 0.227 e. The van der Waals surface area contributed by atoms with Crippen molar-refractivity contribution in [3.05, 3.63) is 29.8 Å². The summed E-state index contributed by atoms with van der Waals surface area (Å²) >= 11 is 0. The third kappa shape index (κ3) is 3.70. The zero-order valence-electron chi connectivity index (χ0n) is 11.5. The van der Waals surface area contributed by atoms with Crippen molar-refractivity contribution in [2.75, 3.05) is 25.4 Å². The van der Waals surface area contributed by atoms with Gasteiger partial charge in [-0.3, -0.25) is 4.79 Å². The van der Waals surface area contributed by atoms with E-state index >= 15 is 0 Å². The van der Waals surface area contributed by atoms with E-state index in [1.807, 2.05) is 36.1 Å². The molecule has 4 nitrogen and oxygen atoms in total. The Labute approximate surface area is 114 Å². The Kier molecular flexibility index (Phi) is 4.80. The minimum Gasteiger partial charge on any atom is -0.398 e. The summed E-state index contributed by atoms with van der Waals surface area (Å²) in [5, 5.41) is 0. The number of carbonyl (C=O) groups excluding carboxylic acids is 1. The number of benzene rings is 1. The van der Waals surface area contributed by atoms with Crippen LogP contribution in [-0.4, -0.2) is 36.6 Å². The van der Waals surface area contributed by atoms with Crippen LogP contribution in [0.2, 0.25) is 0 Å². The van der Waals surface area contributed by atoms with Crippen molar-refractivity contribution in [1.29, 1.82) is 0 Å². The number of para-hydroxylation sites is 1. The molecule has 19 heavy (non-hydrogen) atoms. The van der Waals surface area contributed by atoms with E-state index in [9.17, 15) is 4.79 Å². The first-order valence-electron chi connectivity index (χ1n) is 6.93. The Hall–Kier alpha value is -1.55. The van der Waals surface area contributed by atoms with Crippen LogP contribution in [0.4, 0.5) is 5.69 Å². The van der Waals surface area contributed by atoms with Crippen molar-refractivity contribution in [3.8, 4) is 0 Å². The number of hydrogen-bond acceptors (Lipinski definition) is 3. The Morgan fingerprint density at radius 1 is 1.37 bits per heavy atom. The molecule has 0 spiro atoms. The number of likely N-dealkylation sites (tertiary alicyclic amines) is 1. The van der Waals surface area contributed by atoms with Gasteiger partial charge < -0.3 is 15.4 Å². The van der Waals surface area contributed by atoms with Gasteiger partial charge in [-0.05, 0) is 31.4 Å². The second-order valence-electron chi connectivity index (χ2n) is 4.91. The Morgan fingerprint density at radius 2 is 2.05 bits per heavy atom. The SMILES string of the molecule is CCOC1CCN(C(=O)Cc2ccccc2N)CC1. The minimum atomic E-state index is 0.160. The van der Waals surface area contributed by atoms with Crippen LogP contribution in [0.1, 0.15) is 25.3 Å². The zero-order chi connectivity index (χ0) is 13.7. The number of hydrogen-bond donors (Lipinski definition) is 1. The van der Waals surface area contributed by atoms with Gasteiger partial charge in [-0.15, -0.1) is 0 Å². The predicted octanol–water partition coefficient (Wildman–Crippen LogP) is 1.84. The van der Waals surface area contributed by atoms with Gasteiger partial charge in [-0.1, -0.05) is 18.2 Å². The van der Waals surface area contributed by atoms with Crippen LogP contribution < -0.4 is 5.73 Å². The second-order valence-corrected chi connectivity index (χ2v) is 4.91. The molecule has 1 aromatic carbocycles. The molecule has 0 bridgehead atoms. The van der Waals surface area contributed by atoms with E-state index in [1.165, 1.54) is 0 Å². The molecule has 1 aromatic rings. The lowest BCUT2D eigenvalue weighted by Gasteiger charge is -2.32. The number of carbonyl (C=O) groups is 1. The molecule has 0 unspecified atom stereocenters. The normalized spacial score (nSPS) is 16.6. The minimum absolute atomic E-state index is 0.160. The van der Waals surface area contributed by atoms with Crippen molar-refractivity contribution in [2.45, 2.75) is 32.3 Å². The smallest absolute Gasteiger partial charge is 0.227 e. The van der Waals surface area contributed by atoms with Crippen molar-refractivity contribution in [1.82, 2.24) is 4.90 Å². The fourth-order valence-corrected chi connectivity index (χ4v) is 2.48. The number of piperidine rings is 1. The van der Waals surface area contributed by atoms with Crippen molar-refractivity contribution < 1.29 is 9.53 Å². The molecule has 1 fully saturated rings. The highest BCUT2D eigenvalue weighted by Gasteiger charge is 2.23. The summed E-state index contributed by atoms with van der Waals surface area (Å²) < 4.78 is 5.59. The molecular weight excluding hydrogens is 240 g/mol. The summed E-state index contributed by atoms with van der Waals surface area (Å²) in [5.41, 5.74) is 7.48. The summed E-state index contributed by atoms with van der Waals surface area (Å²) in [6.07, 6.45) is 2.58. The summed E-state index contributed by atoms with van der Waals surface area (Å²) in [6.45, 7) is 4.33. The van der Waals surface area contributed by atoms with Gasteiger partial charge in [0.1, 0.15) is 0 Å². The monoisotopic (exact) mass is 262 g/mol. The average Bonchev–Trinajstić information content (AvgIpc) is 2.42. The quantitative estimate of drug-likeness (QED) is 0.842. The van der Waals surface area contributed by atoms with Crippen LogP contribution in [0.5, 0.6) is 0 Å². The largest absolute Gasteiger partial charge is 0.398 e. The lowest BCUT2D eigenvalue weighted by Crippen LogP contribution is -2.41. The molecule has 4 heteroatoms. The van der Waals surface area contributed by atoms with Crippen LogP contribution in [0.3, 0.4) is 0 Å². The van der Waals surface area contributed by atoms with Crippen LogP contribution in [0.15, 0.2) is 24.3 Å². The zero-order valence-corrected chi connectivity index (χ0v) is 11.5. The number of amides is 1. The number of rotatable bonds is 4. The summed E-state index contributed by atoms with van der Waals surface area (Å²) in [4.78, 5) is 14.1. The van der Waals surface area contributed by atoms with E-state index in [0.717, 1.165) is 38.1 Å². The molecule has 0 atom stereocenters. The van der Waals surface area contributed by atoms with E-state index in [4.69, 9.17) is 10.5 Å². The maximum atomic E-state index is 12.2. The second kappa shape index (κ2) is 6.57. The van der Waals surface area contributed by atoms with Gasteiger partial charge in [0.25, 0.3) is 0 Å². The molecule has 1 amide bonds. The van der Waals surface area contributed by atoms with Crippen molar-refractivity contribution >= 4 is 11.6 Å². The van der Waals surface area contributed by atoms with Gasteiger partial charge in [0, 0.05) is 25.4 Å². The number of nitrogens with zero attached hydrogens (tertiary/aromatic N) is 1. The fourth-order valence-electron chi connectivity index (χ4n) is 2.48. The third-order valence-corrected chi connectivity index (χ3v) is 3.59. The first-order chi connectivity index (χ1) is 9.20. The van der Waals surface area contributed by atoms with E-state index in [-0.39, 0.29) is 5.91 Å². The lowest BCUT2D eigenvalue weighted by atomic mass is 10.1. The van der Waals surface area contributed by atoms with Gasteiger partial charge in [-0.25, -0.2) is 0 Å². The lowest BCUT2D eigenvalue weighted by molar-refractivity contribution is -0.133. The van der Waals surface area contributed by atoms with Crippen molar-refractivity contribution in [3.63, 3.8) is 0 Å². The van der Waals surface area contributed by atoms with Gasteiger partial charge in [0.05, 0.1) is 12.5 Å². The molecule has 1 aliphatic heterocycles. The molecule has 1 aliphatic rings. The molecule has 1 saturated heterocycles. The molecule has 0 saturated carbocycles. The van der Waals surface area contributed by atoms with Gasteiger partial charge >= 0.3 is 0 Å². The van der Waals surface area contributed by atoms with E-state index < -0.39 is 0 Å². The summed E-state index contributed by atoms with van der Waals surface area (Å²) in [6, 6.07) is 7.56.